The molecule has 1 rings (SSSR count). The molecule has 0 fully saturated rings. The number of nitrogens with one attached hydrogen (secondary N) is 1. The van der Waals surface area contributed by atoms with Crippen molar-refractivity contribution in [3.63, 3.8) is 0 Å². The summed E-state index contributed by atoms with van der Waals surface area (Å²) in [6, 6.07) is 6.23. The Morgan fingerprint density at radius 3 is 2.47 bits per heavy atom. The fraction of sp³-hybridized carbons (Fsp3) is 0.417. The van der Waals surface area contributed by atoms with Crippen molar-refractivity contribution >= 4 is 17.6 Å². The van der Waals surface area contributed by atoms with E-state index in [9.17, 15) is 9.90 Å². The lowest BCUT2D eigenvalue weighted by atomic mass is 10.00. The summed E-state index contributed by atoms with van der Waals surface area (Å²) >= 11 is 5.75. The molecule has 0 spiro atoms. The van der Waals surface area contributed by atoms with E-state index >= 15 is 0 Å². The molecule has 0 aromatic heterocycles. The van der Waals surface area contributed by atoms with E-state index in [1.165, 1.54) is 0 Å². The normalized spacial score (nSPS) is 14.3. The number of benzene rings is 1. The highest BCUT2D eigenvalue weighted by atomic mass is 35.5. The molecule has 1 aromatic carbocycles. The van der Waals surface area contributed by atoms with E-state index in [1.54, 1.807) is 24.3 Å². The number of carboxylic acids is 1. The van der Waals surface area contributed by atoms with E-state index in [4.69, 9.17) is 16.7 Å². The van der Waals surface area contributed by atoms with E-state index in [2.05, 4.69) is 5.32 Å². The van der Waals surface area contributed by atoms with Crippen LogP contribution >= 0.6 is 11.6 Å². The van der Waals surface area contributed by atoms with Gasteiger partial charge in [-0.15, -0.1) is 0 Å². The zero-order valence-electron chi connectivity index (χ0n) is 9.56. The third-order valence-corrected chi connectivity index (χ3v) is 2.71. The number of likely N-dealkylation sites (N-methyl/N-ethyl adjacent to an activating group) is 1. The van der Waals surface area contributed by atoms with E-state index in [-0.39, 0.29) is 6.42 Å². The second kappa shape index (κ2) is 6.59. The fourth-order valence-electron chi connectivity index (χ4n) is 1.64. The van der Waals surface area contributed by atoms with Crippen LogP contribution in [-0.4, -0.2) is 28.8 Å². The maximum absolute atomic E-state index is 10.7. The summed E-state index contributed by atoms with van der Waals surface area (Å²) in [5.74, 6) is -0.941. The molecule has 2 atom stereocenters. The molecule has 1 aromatic rings. The molecule has 0 saturated carbocycles. The first kappa shape index (κ1) is 14.0. The van der Waals surface area contributed by atoms with Crippen molar-refractivity contribution in [3.8, 4) is 0 Å². The predicted octanol–water partition coefficient (Wildman–Crippen LogP) is 1.83. The Morgan fingerprint density at radius 1 is 1.41 bits per heavy atom. The van der Waals surface area contributed by atoms with Crippen molar-refractivity contribution < 1.29 is 15.0 Å². The van der Waals surface area contributed by atoms with Gasteiger partial charge in [-0.05, 0) is 24.2 Å². The van der Waals surface area contributed by atoms with Crippen LogP contribution in [0.5, 0.6) is 0 Å². The molecule has 0 bridgehead atoms. The smallest absolute Gasteiger partial charge is 0.305 e. The number of carboxylic acid groups (broad SMARTS) is 1. The number of carbonyl (C=O) groups is 1. The number of aliphatic hydroxyl groups excluding tert-OH is 1. The summed E-state index contributed by atoms with van der Waals surface area (Å²) in [6.07, 6.45) is -0.985. The average Bonchev–Trinajstić information content (AvgIpc) is 2.28. The first-order valence-corrected chi connectivity index (χ1v) is 5.81. The van der Waals surface area contributed by atoms with Gasteiger partial charge >= 0.3 is 5.97 Å². The molecular weight excluding hydrogens is 242 g/mol. The number of rotatable bonds is 6. The Kier molecular flexibility index (Phi) is 5.41. The van der Waals surface area contributed by atoms with Crippen molar-refractivity contribution in [3.05, 3.63) is 34.9 Å². The maximum atomic E-state index is 10.7. The number of aliphatic hydroxyl groups is 1. The topological polar surface area (TPSA) is 69.6 Å². The molecule has 0 aliphatic rings. The summed E-state index contributed by atoms with van der Waals surface area (Å²) < 4.78 is 0. The monoisotopic (exact) mass is 257 g/mol. The van der Waals surface area contributed by atoms with Gasteiger partial charge in [0, 0.05) is 11.1 Å². The number of hydrogen-bond donors (Lipinski definition) is 3. The van der Waals surface area contributed by atoms with E-state index in [1.807, 2.05) is 6.92 Å². The Bertz CT molecular complexity index is 367. The number of halogens is 1. The van der Waals surface area contributed by atoms with E-state index < -0.39 is 18.1 Å². The largest absolute Gasteiger partial charge is 0.481 e. The summed E-state index contributed by atoms with van der Waals surface area (Å²) in [4.78, 5) is 10.7. The molecular formula is C12H16ClNO3. The molecule has 4 nitrogen and oxygen atoms in total. The van der Waals surface area contributed by atoms with Crippen molar-refractivity contribution in [1.29, 1.82) is 0 Å². The quantitative estimate of drug-likeness (QED) is 0.727. The van der Waals surface area contributed by atoms with Gasteiger partial charge in [-0.1, -0.05) is 30.7 Å². The Balaban J connectivity index is 2.79. The van der Waals surface area contributed by atoms with Gasteiger partial charge in [-0.25, -0.2) is 0 Å². The molecule has 0 amide bonds. The number of hydrogen-bond acceptors (Lipinski definition) is 3. The van der Waals surface area contributed by atoms with Gasteiger partial charge in [0.05, 0.1) is 12.5 Å². The van der Waals surface area contributed by atoms with Crippen LogP contribution < -0.4 is 5.32 Å². The van der Waals surface area contributed by atoms with Crippen LogP contribution in [0, 0.1) is 0 Å². The molecule has 94 valence electrons. The molecule has 2 unspecified atom stereocenters. The highest BCUT2D eigenvalue weighted by molar-refractivity contribution is 6.30. The van der Waals surface area contributed by atoms with Gasteiger partial charge in [0.25, 0.3) is 0 Å². The van der Waals surface area contributed by atoms with Gasteiger partial charge < -0.3 is 15.5 Å². The van der Waals surface area contributed by atoms with Crippen LogP contribution in [0.2, 0.25) is 5.02 Å². The minimum atomic E-state index is -0.941. The lowest BCUT2D eigenvalue weighted by Gasteiger charge is -2.22. The van der Waals surface area contributed by atoms with Gasteiger partial charge in [-0.2, -0.15) is 0 Å². The third-order valence-electron chi connectivity index (χ3n) is 2.45. The van der Waals surface area contributed by atoms with Gasteiger partial charge in [0.2, 0.25) is 0 Å². The highest BCUT2D eigenvalue weighted by Crippen LogP contribution is 2.21. The zero-order valence-corrected chi connectivity index (χ0v) is 10.3. The molecule has 0 saturated heterocycles. The zero-order chi connectivity index (χ0) is 12.8. The third kappa shape index (κ3) is 4.34. The van der Waals surface area contributed by atoms with Crippen molar-refractivity contribution in [1.82, 2.24) is 5.32 Å². The Labute approximate surface area is 105 Å². The van der Waals surface area contributed by atoms with Crippen molar-refractivity contribution in [2.45, 2.75) is 25.5 Å². The van der Waals surface area contributed by atoms with Gasteiger partial charge in [0.1, 0.15) is 0 Å². The fourth-order valence-corrected chi connectivity index (χ4v) is 1.76. The Hall–Kier alpha value is -1.10. The first-order chi connectivity index (χ1) is 8.04. The molecule has 5 heteroatoms. The van der Waals surface area contributed by atoms with Crippen molar-refractivity contribution in [2.75, 3.05) is 6.54 Å². The molecule has 0 heterocycles. The second-order valence-corrected chi connectivity index (χ2v) is 4.19. The van der Waals surface area contributed by atoms with Crippen LogP contribution in [-0.2, 0) is 4.79 Å². The van der Waals surface area contributed by atoms with E-state index in [0.717, 1.165) is 0 Å². The molecule has 0 radical (unpaired) electrons. The van der Waals surface area contributed by atoms with Crippen LogP contribution in [0.1, 0.15) is 25.0 Å². The van der Waals surface area contributed by atoms with Crippen LogP contribution in [0.3, 0.4) is 0 Å². The lowest BCUT2D eigenvalue weighted by Crippen LogP contribution is -2.36. The van der Waals surface area contributed by atoms with E-state index in [0.29, 0.717) is 17.1 Å². The van der Waals surface area contributed by atoms with Crippen molar-refractivity contribution in [2.24, 2.45) is 0 Å². The van der Waals surface area contributed by atoms with Crippen LogP contribution in [0.15, 0.2) is 24.3 Å². The van der Waals surface area contributed by atoms with Crippen LogP contribution in [0.25, 0.3) is 0 Å². The standard InChI is InChI=1S/C12H16ClNO3/c1-2-14-10(7-11(15)16)12(17)8-3-5-9(13)6-4-8/h3-6,10,12,14,17H,2,7H2,1H3,(H,15,16). The molecule has 0 aliphatic heterocycles. The summed E-state index contributed by atoms with van der Waals surface area (Å²) in [5.41, 5.74) is 0.654. The molecule has 3 N–H and O–H groups in total. The summed E-state index contributed by atoms with van der Waals surface area (Å²) in [5, 5.41) is 22.4. The number of aliphatic carboxylic acids is 1. The second-order valence-electron chi connectivity index (χ2n) is 3.76. The van der Waals surface area contributed by atoms with Crippen LogP contribution in [0.4, 0.5) is 0 Å². The minimum Gasteiger partial charge on any atom is -0.481 e. The van der Waals surface area contributed by atoms with Gasteiger partial charge in [0.15, 0.2) is 0 Å². The molecule has 0 aliphatic carbocycles. The highest BCUT2D eigenvalue weighted by Gasteiger charge is 2.22. The lowest BCUT2D eigenvalue weighted by molar-refractivity contribution is -0.138. The Morgan fingerprint density at radius 2 is 2.00 bits per heavy atom. The first-order valence-electron chi connectivity index (χ1n) is 5.43. The predicted molar refractivity (Wildman–Crippen MR) is 66.1 cm³/mol. The summed E-state index contributed by atoms with van der Waals surface area (Å²) in [7, 11) is 0. The average molecular weight is 258 g/mol. The summed E-state index contributed by atoms with van der Waals surface area (Å²) in [6.45, 7) is 2.46. The minimum absolute atomic E-state index is 0.127. The molecule has 17 heavy (non-hydrogen) atoms. The SMILES string of the molecule is CCNC(CC(=O)O)C(O)c1ccc(Cl)cc1. The maximum Gasteiger partial charge on any atom is 0.305 e. The van der Waals surface area contributed by atoms with Gasteiger partial charge in [-0.3, -0.25) is 4.79 Å².